The molecule has 0 radical (unpaired) electrons. The summed E-state index contributed by atoms with van der Waals surface area (Å²) in [6.45, 7) is 0. The van der Waals surface area contributed by atoms with Crippen LogP contribution in [0, 0.1) is 0 Å². The van der Waals surface area contributed by atoms with Gasteiger partial charge in [0.2, 0.25) is 0 Å². The largest absolute Gasteiger partial charge is 0.497 e. The lowest BCUT2D eigenvalue weighted by Crippen LogP contribution is -2.00. The van der Waals surface area contributed by atoms with Crippen molar-refractivity contribution in [3.8, 4) is 5.75 Å². The van der Waals surface area contributed by atoms with Crippen molar-refractivity contribution in [1.82, 2.24) is 4.98 Å². The molecule has 2 aromatic carbocycles. The number of hydrogen-bond acceptors (Lipinski definition) is 3. The van der Waals surface area contributed by atoms with Crippen molar-refractivity contribution in [2.45, 2.75) is 6.10 Å². The maximum Gasteiger partial charge on any atom is 0.119 e. The van der Waals surface area contributed by atoms with Crippen LogP contribution in [0.4, 0.5) is 0 Å². The van der Waals surface area contributed by atoms with Gasteiger partial charge in [0.1, 0.15) is 11.9 Å². The molecule has 0 aliphatic carbocycles. The van der Waals surface area contributed by atoms with E-state index in [1.807, 2.05) is 54.6 Å². The van der Waals surface area contributed by atoms with Crippen molar-refractivity contribution in [2.24, 2.45) is 0 Å². The summed E-state index contributed by atoms with van der Waals surface area (Å²) in [6.07, 6.45) is 1.09. The van der Waals surface area contributed by atoms with E-state index in [1.54, 1.807) is 13.3 Å². The Hall–Kier alpha value is -2.39. The Labute approximate surface area is 117 Å². The van der Waals surface area contributed by atoms with E-state index in [0.29, 0.717) is 0 Å². The third kappa shape index (κ3) is 2.36. The Bertz CT molecular complexity index is 740. The van der Waals surface area contributed by atoms with Crippen molar-refractivity contribution < 1.29 is 9.84 Å². The van der Waals surface area contributed by atoms with Crippen LogP contribution in [0.2, 0.25) is 0 Å². The van der Waals surface area contributed by atoms with E-state index in [2.05, 4.69) is 4.98 Å². The number of benzene rings is 2. The predicted octanol–water partition coefficient (Wildman–Crippen LogP) is 3.33. The van der Waals surface area contributed by atoms with E-state index >= 15 is 0 Å². The average molecular weight is 265 g/mol. The highest BCUT2D eigenvalue weighted by atomic mass is 16.5. The second-order valence-corrected chi connectivity index (χ2v) is 4.63. The molecule has 0 aliphatic heterocycles. The van der Waals surface area contributed by atoms with E-state index < -0.39 is 6.10 Å². The Kier molecular flexibility index (Phi) is 3.35. The van der Waals surface area contributed by atoms with Gasteiger partial charge in [0, 0.05) is 11.6 Å². The van der Waals surface area contributed by atoms with Gasteiger partial charge in [0.25, 0.3) is 0 Å². The quantitative estimate of drug-likeness (QED) is 0.790. The fourth-order valence-electron chi connectivity index (χ4n) is 2.27. The Balaban J connectivity index is 2.00. The first-order chi connectivity index (χ1) is 9.78. The number of aromatic nitrogens is 1. The Morgan fingerprint density at radius 3 is 2.70 bits per heavy atom. The van der Waals surface area contributed by atoms with E-state index in [0.717, 1.165) is 27.8 Å². The summed E-state index contributed by atoms with van der Waals surface area (Å²) < 4.78 is 5.19. The van der Waals surface area contributed by atoms with Crippen LogP contribution in [-0.2, 0) is 0 Å². The van der Waals surface area contributed by atoms with Gasteiger partial charge in [0.05, 0.1) is 12.6 Å². The van der Waals surface area contributed by atoms with Gasteiger partial charge in [-0.3, -0.25) is 4.98 Å². The van der Waals surface area contributed by atoms with Crippen molar-refractivity contribution in [1.29, 1.82) is 0 Å². The smallest absolute Gasteiger partial charge is 0.119 e. The molecule has 1 aromatic heterocycles. The molecule has 0 aliphatic rings. The van der Waals surface area contributed by atoms with Crippen molar-refractivity contribution >= 4 is 10.9 Å². The zero-order valence-corrected chi connectivity index (χ0v) is 11.2. The highest BCUT2D eigenvalue weighted by Gasteiger charge is 2.11. The fraction of sp³-hybridized carbons (Fsp3) is 0.118. The molecule has 1 unspecified atom stereocenters. The number of aliphatic hydroxyl groups is 1. The Morgan fingerprint density at radius 2 is 1.85 bits per heavy atom. The third-order valence-electron chi connectivity index (χ3n) is 3.35. The summed E-state index contributed by atoms with van der Waals surface area (Å²) >= 11 is 0. The van der Waals surface area contributed by atoms with Crippen LogP contribution in [0.3, 0.4) is 0 Å². The summed E-state index contributed by atoms with van der Waals surface area (Å²) in [5.41, 5.74) is 2.58. The number of methoxy groups -OCH3 is 1. The first-order valence-electron chi connectivity index (χ1n) is 6.44. The first-order valence-corrected chi connectivity index (χ1v) is 6.44. The van der Waals surface area contributed by atoms with Crippen molar-refractivity contribution in [3.05, 3.63) is 71.9 Å². The van der Waals surface area contributed by atoms with Gasteiger partial charge in [-0.1, -0.05) is 24.3 Å². The minimum absolute atomic E-state index is 0.672. The number of hydrogen-bond donors (Lipinski definition) is 1. The molecule has 3 nitrogen and oxygen atoms in total. The molecule has 3 aromatic rings. The van der Waals surface area contributed by atoms with Crippen LogP contribution in [0.1, 0.15) is 17.2 Å². The number of fused-ring (bicyclic) bond motifs is 1. The van der Waals surface area contributed by atoms with Gasteiger partial charge >= 0.3 is 0 Å². The number of pyridine rings is 1. The SMILES string of the molecule is COc1cccc(C(O)c2ccc3ncccc3c2)c1. The zero-order valence-electron chi connectivity index (χ0n) is 11.2. The van der Waals surface area contributed by atoms with Gasteiger partial charge in [-0.15, -0.1) is 0 Å². The first kappa shape index (κ1) is 12.6. The summed E-state index contributed by atoms with van der Waals surface area (Å²) in [5, 5.41) is 11.5. The van der Waals surface area contributed by atoms with Gasteiger partial charge in [-0.2, -0.15) is 0 Å². The minimum atomic E-state index is -0.672. The van der Waals surface area contributed by atoms with E-state index in [4.69, 9.17) is 4.74 Å². The lowest BCUT2D eigenvalue weighted by Gasteiger charge is -2.13. The summed E-state index contributed by atoms with van der Waals surface area (Å²) in [4.78, 5) is 4.28. The average Bonchev–Trinajstić information content (AvgIpc) is 2.53. The zero-order chi connectivity index (χ0) is 13.9. The van der Waals surface area contributed by atoms with Crippen LogP contribution in [0.25, 0.3) is 10.9 Å². The second-order valence-electron chi connectivity index (χ2n) is 4.63. The summed E-state index contributed by atoms with van der Waals surface area (Å²) in [7, 11) is 1.62. The molecule has 0 fully saturated rings. The number of ether oxygens (including phenoxy) is 1. The normalized spacial score (nSPS) is 12.3. The molecule has 1 heterocycles. The maximum absolute atomic E-state index is 10.5. The molecule has 3 rings (SSSR count). The van der Waals surface area contributed by atoms with Crippen molar-refractivity contribution in [3.63, 3.8) is 0 Å². The summed E-state index contributed by atoms with van der Waals surface area (Å²) in [5.74, 6) is 0.740. The minimum Gasteiger partial charge on any atom is -0.497 e. The molecule has 0 saturated heterocycles. The molecule has 100 valence electrons. The van der Waals surface area contributed by atoms with Crippen LogP contribution >= 0.6 is 0 Å². The molecule has 0 amide bonds. The van der Waals surface area contributed by atoms with Crippen LogP contribution in [-0.4, -0.2) is 17.2 Å². The topological polar surface area (TPSA) is 42.4 Å². The molecule has 0 bridgehead atoms. The predicted molar refractivity (Wildman–Crippen MR) is 78.8 cm³/mol. The molecule has 20 heavy (non-hydrogen) atoms. The molecular weight excluding hydrogens is 250 g/mol. The van der Waals surface area contributed by atoms with Gasteiger partial charge < -0.3 is 9.84 Å². The Morgan fingerprint density at radius 1 is 1.00 bits per heavy atom. The van der Waals surface area contributed by atoms with Gasteiger partial charge in [0.15, 0.2) is 0 Å². The molecule has 0 saturated carbocycles. The third-order valence-corrected chi connectivity index (χ3v) is 3.35. The lowest BCUT2D eigenvalue weighted by molar-refractivity contribution is 0.220. The summed E-state index contributed by atoms with van der Waals surface area (Å²) in [6, 6.07) is 17.1. The molecule has 3 heteroatoms. The van der Waals surface area contributed by atoms with Crippen molar-refractivity contribution in [2.75, 3.05) is 7.11 Å². The monoisotopic (exact) mass is 265 g/mol. The molecule has 0 spiro atoms. The number of aliphatic hydroxyl groups excluding tert-OH is 1. The second kappa shape index (κ2) is 5.31. The van der Waals surface area contributed by atoms with E-state index in [9.17, 15) is 5.11 Å². The van der Waals surface area contributed by atoms with Crippen LogP contribution in [0.5, 0.6) is 5.75 Å². The molecular formula is C17H15NO2. The standard InChI is InChI=1S/C17H15NO2/c1-20-15-6-2-4-13(11-15)17(19)14-7-8-16-12(10-14)5-3-9-18-16/h2-11,17,19H,1H3. The molecule has 1 atom stereocenters. The van der Waals surface area contributed by atoms with E-state index in [-0.39, 0.29) is 0 Å². The van der Waals surface area contributed by atoms with Gasteiger partial charge in [-0.05, 0) is 41.5 Å². The van der Waals surface area contributed by atoms with E-state index in [1.165, 1.54) is 0 Å². The van der Waals surface area contributed by atoms with Gasteiger partial charge in [-0.25, -0.2) is 0 Å². The maximum atomic E-state index is 10.5. The highest BCUT2D eigenvalue weighted by molar-refractivity contribution is 5.79. The van der Waals surface area contributed by atoms with Crippen LogP contribution < -0.4 is 4.74 Å². The number of rotatable bonds is 3. The fourth-order valence-corrected chi connectivity index (χ4v) is 2.27. The number of nitrogens with zero attached hydrogens (tertiary/aromatic N) is 1. The highest BCUT2D eigenvalue weighted by Crippen LogP contribution is 2.26. The van der Waals surface area contributed by atoms with Crippen LogP contribution in [0.15, 0.2) is 60.8 Å². The lowest BCUT2D eigenvalue weighted by atomic mass is 10.00. The molecule has 1 N–H and O–H groups in total.